The van der Waals surface area contributed by atoms with E-state index < -0.39 is 0 Å². The Labute approximate surface area is 67.3 Å². The summed E-state index contributed by atoms with van der Waals surface area (Å²) in [5, 5.41) is 0. The molecular formula is C7H6N2OS. The second kappa shape index (κ2) is 2.17. The Morgan fingerprint density at radius 2 is 2.55 bits per heavy atom. The van der Waals surface area contributed by atoms with Crippen LogP contribution in [0.25, 0.3) is 4.83 Å². The number of hydrogen-bond donors (Lipinski definition) is 0. The average molecular weight is 166 g/mol. The molecule has 11 heavy (non-hydrogen) atoms. The molecule has 0 aliphatic heterocycles. The smallest absolute Gasteiger partial charge is 0.171 e. The molecule has 0 saturated carbocycles. The summed E-state index contributed by atoms with van der Waals surface area (Å²) in [5.41, 5.74) is 0.531. The topological polar surface area (TPSA) is 34.4 Å². The first kappa shape index (κ1) is 6.54. The van der Waals surface area contributed by atoms with Crippen LogP contribution in [0.2, 0.25) is 0 Å². The van der Waals surface area contributed by atoms with Gasteiger partial charge in [0.05, 0.1) is 0 Å². The minimum Gasteiger partial charge on any atom is -0.296 e. The van der Waals surface area contributed by atoms with Crippen LogP contribution in [0.1, 0.15) is 15.4 Å². The number of carbonyl (C=O) groups excluding carboxylic acids is 1. The van der Waals surface area contributed by atoms with Crippen LogP contribution in [0.4, 0.5) is 0 Å². The Morgan fingerprint density at radius 1 is 1.73 bits per heavy atom. The van der Waals surface area contributed by atoms with Crippen molar-refractivity contribution in [2.75, 3.05) is 0 Å². The van der Waals surface area contributed by atoms with Gasteiger partial charge in [0, 0.05) is 11.1 Å². The van der Waals surface area contributed by atoms with Crippen molar-refractivity contribution >= 4 is 22.5 Å². The monoisotopic (exact) mass is 166 g/mol. The lowest BCUT2D eigenvalue weighted by Crippen LogP contribution is -1.75. The molecule has 0 aromatic carbocycles. The highest BCUT2D eigenvalue weighted by molar-refractivity contribution is 7.17. The lowest BCUT2D eigenvalue weighted by atomic mass is 10.5. The number of hydrogen-bond acceptors (Lipinski definition) is 3. The van der Waals surface area contributed by atoms with Crippen molar-refractivity contribution in [2.45, 2.75) is 6.92 Å². The predicted octanol–water partition coefficient (Wildman–Crippen LogP) is 1.52. The molecule has 0 bridgehead atoms. The van der Waals surface area contributed by atoms with E-state index in [2.05, 4.69) is 4.98 Å². The molecule has 0 radical (unpaired) electrons. The number of nitrogens with zero attached hydrogens (tertiary/aromatic N) is 2. The number of fused-ring (bicyclic) bond motifs is 1. The second-order valence-corrected chi connectivity index (χ2v) is 3.54. The maximum Gasteiger partial charge on any atom is 0.171 e. The van der Waals surface area contributed by atoms with Gasteiger partial charge in [-0.1, -0.05) is 0 Å². The Balaban J connectivity index is 2.83. The van der Waals surface area contributed by atoms with Gasteiger partial charge in [0.25, 0.3) is 0 Å². The van der Waals surface area contributed by atoms with Gasteiger partial charge in [-0.05, 0) is 6.92 Å². The van der Waals surface area contributed by atoms with E-state index in [0.717, 1.165) is 11.1 Å². The fraction of sp³-hybridized carbons (Fsp3) is 0.143. The number of aromatic nitrogens is 2. The first-order valence-corrected chi connectivity index (χ1v) is 4.01. The molecule has 2 heterocycles. The van der Waals surface area contributed by atoms with Gasteiger partial charge in [-0.2, -0.15) is 0 Å². The third kappa shape index (κ3) is 0.867. The fourth-order valence-corrected chi connectivity index (χ4v) is 1.90. The van der Waals surface area contributed by atoms with E-state index in [1.54, 1.807) is 17.7 Å². The molecule has 0 unspecified atom stereocenters. The molecular weight excluding hydrogens is 160 g/mol. The summed E-state index contributed by atoms with van der Waals surface area (Å²) in [4.78, 5) is 16.5. The van der Waals surface area contributed by atoms with E-state index in [4.69, 9.17) is 0 Å². The maximum atomic E-state index is 10.4. The van der Waals surface area contributed by atoms with Crippen LogP contribution < -0.4 is 0 Å². The van der Waals surface area contributed by atoms with Gasteiger partial charge in [0.2, 0.25) is 0 Å². The van der Waals surface area contributed by atoms with E-state index in [0.29, 0.717) is 5.69 Å². The zero-order valence-electron chi connectivity index (χ0n) is 5.94. The summed E-state index contributed by atoms with van der Waals surface area (Å²) < 4.78 is 1.86. The van der Waals surface area contributed by atoms with Crippen molar-refractivity contribution in [2.24, 2.45) is 0 Å². The first-order valence-electron chi connectivity index (χ1n) is 3.19. The highest BCUT2D eigenvalue weighted by atomic mass is 32.1. The molecule has 0 fully saturated rings. The Kier molecular flexibility index (Phi) is 1.29. The summed E-state index contributed by atoms with van der Waals surface area (Å²) in [7, 11) is 0. The van der Waals surface area contributed by atoms with E-state index in [1.807, 2.05) is 17.5 Å². The lowest BCUT2D eigenvalue weighted by Gasteiger charge is -1.76. The van der Waals surface area contributed by atoms with Gasteiger partial charge in [-0.15, -0.1) is 11.3 Å². The molecule has 0 amide bonds. The van der Waals surface area contributed by atoms with E-state index in [9.17, 15) is 4.79 Å². The van der Waals surface area contributed by atoms with Crippen LogP contribution in [0.3, 0.4) is 0 Å². The van der Waals surface area contributed by atoms with E-state index in [-0.39, 0.29) is 0 Å². The molecule has 0 atom stereocenters. The van der Waals surface area contributed by atoms with Gasteiger partial charge < -0.3 is 0 Å². The summed E-state index contributed by atoms with van der Waals surface area (Å²) >= 11 is 1.58. The average Bonchev–Trinajstić information content (AvgIpc) is 2.45. The minimum absolute atomic E-state index is 0.531. The summed E-state index contributed by atoms with van der Waals surface area (Å²) in [5.74, 6) is 0. The van der Waals surface area contributed by atoms with Crippen molar-refractivity contribution < 1.29 is 4.79 Å². The maximum absolute atomic E-state index is 10.4. The van der Waals surface area contributed by atoms with Crippen molar-refractivity contribution in [1.82, 2.24) is 9.38 Å². The van der Waals surface area contributed by atoms with Crippen molar-refractivity contribution in [3.8, 4) is 0 Å². The van der Waals surface area contributed by atoms with Crippen molar-refractivity contribution in [1.29, 1.82) is 0 Å². The number of rotatable bonds is 1. The van der Waals surface area contributed by atoms with E-state index >= 15 is 0 Å². The summed E-state index contributed by atoms with van der Waals surface area (Å²) in [6, 6.07) is 0. The molecule has 56 valence electrons. The van der Waals surface area contributed by atoms with Crippen molar-refractivity contribution in [3.05, 3.63) is 23.1 Å². The lowest BCUT2D eigenvalue weighted by molar-refractivity contribution is 0.112. The number of imidazole rings is 1. The highest BCUT2D eigenvalue weighted by Gasteiger charge is 2.04. The summed E-state index contributed by atoms with van der Waals surface area (Å²) in [6.45, 7) is 2.01. The number of carbonyl (C=O) groups is 1. The molecule has 4 heteroatoms. The molecule has 0 N–H and O–H groups in total. The fourth-order valence-electron chi connectivity index (χ4n) is 1.02. The number of thiazole rings is 1. The molecule has 0 aliphatic rings. The zero-order valence-corrected chi connectivity index (χ0v) is 6.76. The standard InChI is InChI=1S/C7H6N2OS/c1-5-2-9-4-8-6(3-10)7(9)11-5/h2-4H,1H3. The quantitative estimate of drug-likeness (QED) is 0.602. The van der Waals surface area contributed by atoms with Crippen LogP contribution in [-0.2, 0) is 0 Å². The van der Waals surface area contributed by atoms with Crippen molar-refractivity contribution in [3.63, 3.8) is 0 Å². The van der Waals surface area contributed by atoms with E-state index in [1.165, 1.54) is 4.88 Å². The molecule has 0 saturated heterocycles. The van der Waals surface area contributed by atoms with Gasteiger partial charge in [-0.3, -0.25) is 9.20 Å². The molecule has 2 rings (SSSR count). The number of aldehydes is 1. The largest absolute Gasteiger partial charge is 0.296 e. The minimum atomic E-state index is 0.531. The van der Waals surface area contributed by atoms with Gasteiger partial charge >= 0.3 is 0 Å². The molecule has 0 spiro atoms. The molecule has 3 nitrogen and oxygen atoms in total. The third-order valence-electron chi connectivity index (χ3n) is 1.47. The molecule has 2 aromatic heterocycles. The summed E-state index contributed by atoms with van der Waals surface area (Å²) in [6.07, 6.45) is 4.40. The van der Waals surface area contributed by atoms with Crippen LogP contribution >= 0.6 is 11.3 Å². The Hall–Kier alpha value is -1.16. The van der Waals surface area contributed by atoms with Crippen LogP contribution in [0.5, 0.6) is 0 Å². The predicted molar refractivity (Wildman–Crippen MR) is 43.2 cm³/mol. The number of aryl methyl sites for hydroxylation is 1. The highest BCUT2D eigenvalue weighted by Crippen LogP contribution is 2.18. The van der Waals surface area contributed by atoms with Gasteiger partial charge in [0.15, 0.2) is 6.29 Å². The second-order valence-electron chi connectivity index (χ2n) is 2.30. The zero-order chi connectivity index (χ0) is 7.84. The molecule has 2 aromatic rings. The Bertz CT molecular complexity index is 401. The third-order valence-corrected chi connectivity index (χ3v) is 2.51. The normalized spacial score (nSPS) is 10.6. The van der Waals surface area contributed by atoms with Gasteiger partial charge in [-0.25, -0.2) is 4.98 Å². The van der Waals surface area contributed by atoms with Crippen LogP contribution in [-0.4, -0.2) is 15.7 Å². The van der Waals surface area contributed by atoms with Gasteiger partial charge in [0.1, 0.15) is 16.9 Å². The van der Waals surface area contributed by atoms with Crippen LogP contribution in [0, 0.1) is 6.92 Å². The van der Waals surface area contributed by atoms with Crippen LogP contribution in [0.15, 0.2) is 12.5 Å². The molecule has 0 aliphatic carbocycles. The Morgan fingerprint density at radius 3 is 3.27 bits per heavy atom. The first-order chi connectivity index (χ1) is 5.31. The SMILES string of the molecule is Cc1cn2cnc(C=O)c2s1.